The molecule has 4 nitrogen and oxygen atoms in total. The van der Waals surface area contributed by atoms with Crippen molar-refractivity contribution in [3.8, 4) is 0 Å². The van der Waals surface area contributed by atoms with Crippen molar-refractivity contribution < 1.29 is 9.02 Å². The van der Waals surface area contributed by atoms with Crippen LogP contribution in [0.3, 0.4) is 0 Å². The van der Waals surface area contributed by atoms with Crippen molar-refractivity contribution in [3.63, 3.8) is 0 Å². The van der Waals surface area contributed by atoms with Crippen LogP contribution in [0.25, 0.3) is 0 Å². The summed E-state index contributed by atoms with van der Waals surface area (Å²) in [4.78, 5) is 5.23. The highest BCUT2D eigenvalue weighted by Gasteiger charge is 2.29. The number of hydrogen-bond acceptors (Lipinski definition) is 4. The lowest BCUT2D eigenvalue weighted by molar-refractivity contribution is 0.0443. The molecule has 0 bridgehead atoms. The monoisotopic (exact) mass is 302 g/mol. The quantitative estimate of drug-likeness (QED) is 0.430. The normalized spacial score (nSPS) is 24.6. The van der Waals surface area contributed by atoms with Gasteiger partial charge in [-0.25, -0.2) is 0 Å². The molecule has 0 amide bonds. The van der Waals surface area contributed by atoms with Crippen LogP contribution in [-0.4, -0.2) is 49.1 Å². The zero-order valence-corrected chi connectivity index (χ0v) is 14.3. The van der Waals surface area contributed by atoms with Crippen molar-refractivity contribution >= 4 is 10.3 Å². The molecule has 0 unspecified atom stereocenters. The van der Waals surface area contributed by atoms with Gasteiger partial charge in [0.1, 0.15) is 0 Å². The van der Waals surface area contributed by atoms with Crippen LogP contribution in [0.5, 0.6) is 0 Å². The Labute approximate surface area is 125 Å². The van der Waals surface area contributed by atoms with Gasteiger partial charge < -0.3 is 9.50 Å². The summed E-state index contributed by atoms with van der Waals surface area (Å²) in [6, 6.07) is 0.482. The zero-order valence-electron chi connectivity index (χ0n) is 13.4. The summed E-state index contributed by atoms with van der Waals surface area (Å²) in [6.45, 7) is 12.4. The number of hydroxylamine groups is 1. The average Bonchev–Trinajstić information content (AvgIpc) is 2.37. The van der Waals surface area contributed by atoms with Crippen LogP contribution >= 0.6 is 10.3 Å². The Hall–Kier alpha value is -0.330. The van der Waals surface area contributed by atoms with Crippen LogP contribution in [0.2, 0.25) is 0 Å². The number of rotatable bonds is 7. The minimum absolute atomic E-state index is 0.202. The number of nitrogens with one attached hydrogen (secondary N) is 2. The number of hydrogen-bond donors (Lipinski definition) is 2. The average molecular weight is 302 g/mol. The predicted molar refractivity (Wildman–Crippen MR) is 89.1 cm³/mol. The van der Waals surface area contributed by atoms with E-state index in [2.05, 4.69) is 62.8 Å². The van der Waals surface area contributed by atoms with Crippen molar-refractivity contribution in [1.82, 2.24) is 10.8 Å². The van der Waals surface area contributed by atoms with Gasteiger partial charge in [-0.1, -0.05) is 39.0 Å². The molecule has 0 saturated carbocycles. The second-order valence-electron chi connectivity index (χ2n) is 6.35. The van der Waals surface area contributed by atoms with Gasteiger partial charge in [0, 0.05) is 11.3 Å². The van der Waals surface area contributed by atoms with Crippen LogP contribution in [-0.2, 0) is 9.02 Å². The highest BCUT2D eigenvalue weighted by molar-refractivity contribution is 8.29. The maximum Gasteiger partial charge on any atom is 0.0861 e. The fraction of sp³-hybridized carbons (Fsp3) is 0.733. The van der Waals surface area contributed by atoms with E-state index in [0.29, 0.717) is 6.61 Å². The Kier molecular flexibility index (Phi) is 6.75. The van der Waals surface area contributed by atoms with Crippen LogP contribution < -0.4 is 10.8 Å². The van der Waals surface area contributed by atoms with E-state index in [4.69, 9.17) is 9.02 Å². The van der Waals surface area contributed by atoms with Crippen molar-refractivity contribution in [3.05, 3.63) is 24.8 Å². The molecule has 1 aliphatic heterocycles. The SMILES string of the molecule is C=CCON[C@@H]1C=C[C@@H](COS(C)(C)C(C)(C)C)NC1. The molecule has 1 rings (SSSR count). The van der Waals surface area contributed by atoms with Gasteiger partial charge in [0.2, 0.25) is 0 Å². The van der Waals surface area contributed by atoms with Crippen molar-refractivity contribution in [1.29, 1.82) is 0 Å². The molecule has 0 spiro atoms. The van der Waals surface area contributed by atoms with E-state index in [1.807, 2.05) is 0 Å². The molecule has 0 aromatic heterocycles. The van der Waals surface area contributed by atoms with Gasteiger partial charge in [-0.15, -0.1) is 16.9 Å². The van der Waals surface area contributed by atoms with E-state index in [0.717, 1.165) is 13.2 Å². The van der Waals surface area contributed by atoms with Gasteiger partial charge in [-0.2, -0.15) is 5.48 Å². The molecule has 20 heavy (non-hydrogen) atoms. The van der Waals surface area contributed by atoms with E-state index in [1.54, 1.807) is 6.08 Å². The van der Waals surface area contributed by atoms with E-state index < -0.39 is 10.3 Å². The van der Waals surface area contributed by atoms with Gasteiger partial charge in [-0.05, 0) is 12.5 Å². The Balaban J connectivity index is 2.34. The Morgan fingerprint density at radius 2 is 2.10 bits per heavy atom. The van der Waals surface area contributed by atoms with Gasteiger partial charge >= 0.3 is 0 Å². The van der Waals surface area contributed by atoms with Crippen LogP contribution in [0, 0.1) is 0 Å². The molecule has 0 fully saturated rings. The third-order valence-electron chi connectivity index (χ3n) is 3.63. The summed E-state index contributed by atoms with van der Waals surface area (Å²) >= 11 is 0. The van der Waals surface area contributed by atoms with E-state index in [9.17, 15) is 0 Å². The molecule has 1 aliphatic rings. The van der Waals surface area contributed by atoms with Gasteiger partial charge in [0.05, 0.1) is 25.3 Å². The fourth-order valence-corrected chi connectivity index (χ4v) is 2.35. The van der Waals surface area contributed by atoms with E-state index >= 15 is 0 Å². The standard InChI is InChI=1S/C15H30N2O2S/c1-7-10-18-17-13-8-9-14(16-11-13)12-19-20(5,6)15(2,3)4/h7-9,13-14,16-17H,1,10-12H2,2-6H3/t13-,14+/m1/s1. The van der Waals surface area contributed by atoms with E-state index in [-0.39, 0.29) is 16.8 Å². The lowest BCUT2D eigenvalue weighted by Crippen LogP contribution is -2.46. The molecular formula is C15H30N2O2S. The summed E-state index contributed by atoms with van der Waals surface area (Å²) in [7, 11) is -1.05. The smallest absolute Gasteiger partial charge is 0.0861 e. The van der Waals surface area contributed by atoms with Gasteiger partial charge in [0.25, 0.3) is 0 Å². The third kappa shape index (κ3) is 5.58. The summed E-state index contributed by atoms with van der Waals surface area (Å²) in [5.41, 5.74) is 2.98. The van der Waals surface area contributed by atoms with Crippen molar-refractivity contribution in [2.75, 3.05) is 32.3 Å². The molecule has 1 heterocycles. The largest absolute Gasteiger partial charge is 0.335 e. The molecular weight excluding hydrogens is 272 g/mol. The minimum atomic E-state index is -1.05. The predicted octanol–water partition coefficient (Wildman–Crippen LogP) is 2.38. The molecule has 0 saturated heterocycles. The second kappa shape index (κ2) is 7.61. The first-order valence-corrected chi connectivity index (χ1v) is 9.41. The molecule has 0 aliphatic carbocycles. The molecule has 2 atom stereocenters. The van der Waals surface area contributed by atoms with E-state index in [1.165, 1.54) is 0 Å². The highest BCUT2D eigenvalue weighted by Crippen LogP contribution is 2.53. The maximum atomic E-state index is 6.17. The Bertz CT molecular complexity index is 337. The zero-order chi connectivity index (χ0) is 15.2. The Morgan fingerprint density at radius 3 is 2.60 bits per heavy atom. The summed E-state index contributed by atoms with van der Waals surface area (Å²) < 4.78 is 6.37. The second-order valence-corrected chi connectivity index (χ2v) is 10.3. The van der Waals surface area contributed by atoms with Crippen LogP contribution in [0.15, 0.2) is 24.8 Å². The third-order valence-corrected chi connectivity index (χ3v) is 7.30. The molecule has 118 valence electrons. The summed E-state index contributed by atoms with van der Waals surface area (Å²) in [5.74, 6) is 0. The Morgan fingerprint density at radius 1 is 1.40 bits per heavy atom. The molecule has 2 N–H and O–H groups in total. The molecule has 0 radical (unpaired) electrons. The van der Waals surface area contributed by atoms with Crippen molar-refractivity contribution in [2.24, 2.45) is 0 Å². The van der Waals surface area contributed by atoms with Crippen LogP contribution in [0.4, 0.5) is 0 Å². The summed E-state index contributed by atoms with van der Waals surface area (Å²) in [6.07, 6.45) is 10.5. The van der Waals surface area contributed by atoms with Gasteiger partial charge in [0.15, 0.2) is 0 Å². The van der Waals surface area contributed by atoms with Crippen molar-refractivity contribution in [2.45, 2.75) is 37.6 Å². The molecule has 0 aromatic rings. The highest BCUT2D eigenvalue weighted by atomic mass is 32.3. The summed E-state index contributed by atoms with van der Waals surface area (Å²) in [5, 5.41) is 3.45. The maximum absolute atomic E-state index is 6.17. The minimum Gasteiger partial charge on any atom is -0.335 e. The topological polar surface area (TPSA) is 42.5 Å². The van der Waals surface area contributed by atoms with Crippen LogP contribution in [0.1, 0.15) is 20.8 Å². The lowest BCUT2D eigenvalue weighted by atomic mass is 10.1. The first kappa shape index (κ1) is 17.7. The first-order chi connectivity index (χ1) is 9.26. The fourth-order valence-electron chi connectivity index (χ4n) is 1.51. The lowest BCUT2D eigenvalue weighted by Gasteiger charge is -2.44. The molecule has 0 aromatic carbocycles. The first-order valence-electron chi connectivity index (χ1n) is 7.03. The molecule has 5 heteroatoms. The van der Waals surface area contributed by atoms with Gasteiger partial charge in [-0.3, -0.25) is 4.84 Å².